The predicted octanol–water partition coefficient (Wildman–Crippen LogP) is 4.00. The maximum absolute atomic E-state index is 12.9. The zero-order chi connectivity index (χ0) is 19.1. The van der Waals surface area contributed by atoms with Crippen molar-refractivity contribution in [3.8, 4) is 22.9 Å². The molecule has 0 atom stereocenters. The Bertz CT molecular complexity index is 1040. The molecule has 0 radical (unpaired) electrons. The van der Waals surface area contributed by atoms with Crippen LogP contribution in [0.15, 0.2) is 29.8 Å². The summed E-state index contributed by atoms with van der Waals surface area (Å²) in [5, 5.41) is 2.01. The van der Waals surface area contributed by atoms with Crippen molar-refractivity contribution >= 4 is 22.9 Å². The smallest absolute Gasteiger partial charge is 0.260 e. The predicted molar refractivity (Wildman–Crippen MR) is 105 cm³/mol. The van der Waals surface area contributed by atoms with Gasteiger partial charge in [-0.25, -0.2) is 4.98 Å². The summed E-state index contributed by atoms with van der Waals surface area (Å²) in [4.78, 5) is 24.9. The van der Waals surface area contributed by atoms with Crippen LogP contribution in [0, 0.1) is 13.8 Å². The van der Waals surface area contributed by atoms with E-state index in [1.165, 1.54) is 4.88 Å². The first kappa shape index (κ1) is 17.5. The molecule has 138 valence electrons. The molecule has 27 heavy (non-hydrogen) atoms. The Morgan fingerprint density at radius 2 is 1.96 bits per heavy atom. The normalized spacial score (nSPS) is 13.0. The molecule has 0 saturated heterocycles. The number of anilines is 1. The molecule has 0 saturated carbocycles. The third-order valence-electron chi connectivity index (χ3n) is 4.61. The Balaban J connectivity index is 1.74. The average Bonchev–Trinajstić information content (AvgIpc) is 3.24. The third kappa shape index (κ3) is 2.94. The minimum absolute atomic E-state index is 0.00443. The van der Waals surface area contributed by atoms with E-state index in [-0.39, 0.29) is 5.91 Å². The third-order valence-corrected chi connectivity index (χ3v) is 5.46. The molecule has 0 spiro atoms. The van der Waals surface area contributed by atoms with E-state index in [0.717, 1.165) is 28.2 Å². The molecule has 0 fully saturated rings. The molecule has 3 aromatic rings. The van der Waals surface area contributed by atoms with E-state index in [4.69, 9.17) is 14.5 Å². The summed E-state index contributed by atoms with van der Waals surface area (Å²) in [6.07, 6.45) is 1.70. The first-order chi connectivity index (χ1) is 13.0. The van der Waals surface area contributed by atoms with Gasteiger partial charge < -0.3 is 14.4 Å². The number of aromatic nitrogens is 2. The Morgan fingerprint density at radius 3 is 2.63 bits per heavy atom. The van der Waals surface area contributed by atoms with Crippen molar-refractivity contribution < 1.29 is 14.3 Å². The van der Waals surface area contributed by atoms with Crippen LogP contribution >= 0.6 is 11.3 Å². The summed E-state index contributed by atoms with van der Waals surface area (Å²) in [5.41, 5.74) is 4.88. The van der Waals surface area contributed by atoms with Crippen molar-refractivity contribution in [1.29, 1.82) is 0 Å². The fourth-order valence-corrected chi connectivity index (χ4v) is 3.99. The summed E-state index contributed by atoms with van der Waals surface area (Å²) >= 11 is 1.64. The van der Waals surface area contributed by atoms with Gasteiger partial charge >= 0.3 is 0 Å². The van der Waals surface area contributed by atoms with Gasteiger partial charge in [-0.3, -0.25) is 9.78 Å². The second kappa shape index (κ2) is 6.66. The number of pyridine rings is 2. The fraction of sp³-hybridized carbons (Fsp3) is 0.250. The quantitative estimate of drug-likeness (QED) is 0.683. The van der Waals surface area contributed by atoms with Crippen LogP contribution in [0.1, 0.15) is 26.5 Å². The number of amides is 1. The molecular weight excluding hydrogens is 362 g/mol. The Morgan fingerprint density at radius 1 is 1.15 bits per heavy atom. The van der Waals surface area contributed by atoms with Gasteiger partial charge in [-0.05, 0) is 37.6 Å². The number of ether oxygens (including phenoxy) is 2. The van der Waals surface area contributed by atoms with Crippen LogP contribution in [0.5, 0.6) is 11.6 Å². The van der Waals surface area contributed by atoms with Gasteiger partial charge in [0.25, 0.3) is 11.8 Å². The molecule has 3 aromatic heterocycles. The summed E-state index contributed by atoms with van der Waals surface area (Å²) in [7, 11) is 3.12. The van der Waals surface area contributed by atoms with Gasteiger partial charge in [-0.15, -0.1) is 11.3 Å². The van der Waals surface area contributed by atoms with Gasteiger partial charge in [0, 0.05) is 22.0 Å². The van der Waals surface area contributed by atoms with E-state index >= 15 is 0 Å². The molecule has 0 aromatic carbocycles. The molecule has 7 heteroatoms. The number of thiophene rings is 1. The molecular formula is C20H19N3O3S. The zero-order valence-electron chi connectivity index (χ0n) is 15.6. The van der Waals surface area contributed by atoms with Gasteiger partial charge in [0.1, 0.15) is 0 Å². The monoisotopic (exact) mass is 381 g/mol. The first-order valence-corrected chi connectivity index (χ1v) is 9.35. The van der Waals surface area contributed by atoms with E-state index in [2.05, 4.69) is 4.98 Å². The number of fused-ring (bicyclic) bond motifs is 1. The van der Waals surface area contributed by atoms with Crippen LogP contribution in [-0.2, 0) is 6.54 Å². The van der Waals surface area contributed by atoms with E-state index in [1.54, 1.807) is 36.7 Å². The van der Waals surface area contributed by atoms with E-state index in [1.807, 2.05) is 37.4 Å². The maximum atomic E-state index is 12.9. The van der Waals surface area contributed by atoms with Crippen LogP contribution in [0.2, 0.25) is 0 Å². The highest BCUT2D eigenvalue weighted by molar-refractivity contribution is 7.10. The van der Waals surface area contributed by atoms with Crippen molar-refractivity contribution in [3.05, 3.63) is 51.5 Å². The molecule has 1 amide bonds. The molecule has 4 rings (SSSR count). The van der Waals surface area contributed by atoms with Crippen molar-refractivity contribution in [1.82, 2.24) is 9.97 Å². The molecule has 1 aliphatic rings. The standard InChI is InChI=1S/C20H19N3O3S/c1-11-5-15(13-7-17(25-3)19(26-4)21-8-13)22-16-9-23(20(24)18(11)16)14-6-12(2)27-10-14/h5-8,10H,9H2,1-4H3. The van der Waals surface area contributed by atoms with Crippen LogP contribution in [-0.4, -0.2) is 30.1 Å². The van der Waals surface area contributed by atoms with Crippen LogP contribution in [0.25, 0.3) is 11.3 Å². The highest BCUT2D eigenvalue weighted by Gasteiger charge is 2.32. The van der Waals surface area contributed by atoms with E-state index in [0.29, 0.717) is 23.7 Å². The van der Waals surface area contributed by atoms with Crippen molar-refractivity contribution in [2.45, 2.75) is 20.4 Å². The highest BCUT2D eigenvalue weighted by Crippen LogP contribution is 2.35. The highest BCUT2D eigenvalue weighted by atomic mass is 32.1. The molecule has 6 nitrogen and oxygen atoms in total. The minimum atomic E-state index is 0.00443. The second-order valence-electron chi connectivity index (χ2n) is 6.39. The largest absolute Gasteiger partial charge is 0.491 e. The lowest BCUT2D eigenvalue weighted by atomic mass is 10.1. The maximum Gasteiger partial charge on any atom is 0.260 e. The summed E-state index contributed by atoms with van der Waals surface area (Å²) in [6.45, 7) is 4.45. The molecule has 1 aliphatic heterocycles. The number of carbonyl (C=O) groups is 1. The molecule has 0 unspecified atom stereocenters. The van der Waals surface area contributed by atoms with Crippen LogP contribution in [0.3, 0.4) is 0 Å². The Hall–Kier alpha value is -2.93. The molecule has 0 N–H and O–H groups in total. The number of hydrogen-bond donors (Lipinski definition) is 0. The topological polar surface area (TPSA) is 64.5 Å². The fourth-order valence-electron chi connectivity index (χ4n) is 3.30. The lowest BCUT2D eigenvalue weighted by Crippen LogP contribution is -2.22. The summed E-state index contributed by atoms with van der Waals surface area (Å²) in [6, 6.07) is 5.79. The van der Waals surface area contributed by atoms with Crippen molar-refractivity contribution in [3.63, 3.8) is 0 Å². The lowest BCUT2D eigenvalue weighted by Gasteiger charge is -2.12. The van der Waals surface area contributed by atoms with E-state index in [9.17, 15) is 4.79 Å². The number of hydrogen-bond acceptors (Lipinski definition) is 6. The Kier molecular flexibility index (Phi) is 4.31. The van der Waals surface area contributed by atoms with Crippen LogP contribution in [0.4, 0.5) is 5.69 Å². The van der Waals surface area contributed by atoms with Crippen LogP contribution < -0.4 is 14.4 Å². The SMILES string of the molecule is COc1cc(-c2cc(C)c3c(n2)CN(c2csc(C)c2)C3=O)cnc1OC. The zero-order valence-corrected chi connectivity index (χ0v) is 16.4. The van der Waals surface area contributed by atoms with Gasteiger partial charge in [0.2, 0.25) is 0 Å². The van der Waals surface area contributed by atoms with Gasteiger partial charge in [-0.1, -0.05) is 0 Å². The molecule has 0 bridgehead atoms. The number of rotatable bonds is 4. The number of methoxy groups -OCH3 is 2. The first-order valence-electron chi connectivity index (χ1n) is 8.47. The minimum Gasteiger partial charge on any atom is -0.491 e. The second-order valence-corrected chi connectivity index (χ2v) is 7.50. The van der Waals surface area contributed by atoms with Gasteiger partial charge in [-0.2, -0.15) is 0 Å². The molecule has 0 aliphatic carbocycles. The van der Waals surface area contributed by atoms with Gasteiger partial charge in [0.15, 0.2) is 5.75 Å². The molecule has 4 heterocycles. The van der Waals surface area contributed by atoms with E-state index < -0.39 is 0 Å². The average molecular weight is 381 g/mol. The number of carbonyl (C=O) groups excluding carboxylic acids is 1. The number of nitrogens with zero attached hydrogens (tertiary/aromatic N) is 3. The van der Waals surface area contributed by atoms with Crippen molar-refractivity contribution in [2.75, 3.05) is 19.1 Å². The summed E-state index contributed by atoms with van der Waals surface area (Å²) in [5.74, 6) is 0.972. The van der Waals surface area contributed by atoms with Crippen molar-refractivity contribution in [2.24, 2.45) is 0 Å². The Labute approximate surface area is 161 Å². The lowest BCUT2D eigenvalue weighted by molar-refractivity contribution is 0.0996. The van der Waals surface area contributed by atoms with Gasteiger partial charge in [0.05, 0.1) is 43.4 Å². The number of aryl methyl sites for hydroxylation is 2. The summed E-state index contributed by atoms with van der Waals surface area (Å²) < 4.78 is 10.5.